The third-order valence-corrected chi connectivity index (χ3v) is 3.09. The molecule has 0 aliphatic heterocycles. The maximum atomic E-state index is 12.1. The molecule has 104 valence electrons. The first-order valence-electron chi connectivity index (χ1n) is 5.67. The van der Waals surface area contributed by atoms with E-state index in [-0.39, 0.29) is 13.0 Å². The van der Waals surface area contributed by atoms with Crippen molar-refractivity contribution in [3.63, 3.8) is 0 Å². The second-order valence-electron chi connectivity index (χ2n) is 4.10. The maximum absolute atomic E-state index is 12.1. The fraction of sp³-hybridized carbons (Fsp3) is 0.417. The molecule has 0 bridgehead atoms. The molecular formula is C12H12ClF3N2O. The van der Waals surface area contributed by atoms with E-state index < -0.39 is 12.6 Å². The Morgan fingerprint density at radius 2 is 2.11 bits per heavy atom. The van der Waals surface area contributed by atoms with Crippen molar-refractivity contribution in [2.45, 2.75) is 25.6 Å². The third-order valence-electron chi connectivity index (χ3n) is 2.76. The first-order chi connectivity index (χ1) is 8.92. The molecule has 19 heavy (non-hydrogen) atoms. The van der Waals surface area contributed by atoms with Crippen molar-refractivity contribution in [3.05, 3.63) is 23.4 Å². The van der Waals surface area contributed by atoms with Crippen LogP contribution in [0.2, 0.25) is 5.02 Å². The molecule has 0 aliphatic rings. The number of fused-ring (bicyclic) bond motifs is 1. The zero-order valence-electron chi connectivity index (χ0n) is 10.2. The second-order valence-corrected chi connectivity index (χ2v) is 4.51. The quantitative estimate of drug-likeness (QED) is 0.850. The highest BCUT2D eigenvalue weighted by molar-refractivity contribution is 6.35. The van der Waals surface area contributed by atoms with Gasteiger partial charge < -0.3 is 4.74 Å². The summed E-state index contributed by atoms with van der Waals surface area (Å²) in [5, 5.41) is 5.24. The summed E-state index contributed by atoms with van der Waals surface area (Å²) in [7, 11) is 1.50. The van der Waals surface area contributed by atoms with Gasteiger partial charge in [-0.3, -0.25) is 4.68 Å². The summed E-state index contributed by atoms with van der Waals surface area (Å²) in [4.78, 5) is 0. The number of benzene rings is 1. The number of halogens is 4. The van der Waals surface area contributed by atoms with Gasteiger partial charge in [0.2, 0.25) is 0 Å². The lowest BCUT2D eigenvalue weighted by atomic mass is 10.2. The summed E-state index contributed by atoms with van der Waals surface area (Å²) in [5.41, 5.74) is 0.622. The van der Waals surface area contributed by atoms with Gasteiger partial charge in [-0.05, 0) is 18.6 Å². The molecule has 2 aromatic rings. The largest absolute Gasteiger partial charge is 0.494 e. The lowest BCUT2D eigenvalue weighted by molar-refractivity contribution is -0.135. The summed E-state index contributed by atoms with van der Waals surface area (Å²) in [6.07, 6.45) is -3.48. The van der Waals surface area contributed by atoms with Crippen LogP contribution in [0, 0.1) is 0 Å². The number of nitrogens with zero attached hydrogens (tertiary/aromatic N) is 2. The average Bonchev–Trinajstić information content (AvgIpc) is 2.73. The summed E-state index contributed by atoms with van der Waals surface area (Å²) >= 11 is 6.02. The molecule has 1 aromatic carbocycles. The van der Waals surface area contributed by atoms with Gasteiger partial charge in [-0.25, -0.2) is 0 Å². The molecule has 0 fully saturated rings. The van der Waals surface area contributed by atoms with Crippen molar-refractivity contribution < 1.29 is 17.9 Å². The van der Waals surface area contributed by atoms with Crippen LogP contribution in [0.4, 0.5) is 13.2 Å². The lowest BCUT2D eigenvalue weighted by Crippen LogP contribution is -2.10. The smallest absolute Gasteiger partial charge is 0.389 e. The van der Waals surface area contributed by atoms with Crippen LogP contribution < -0.4 is 4.74 Å². The second kappa shape index (κ2) is 5.28. The van der Waals surface area contributed by atoms with E-state index in [1.807, 2.05) is 0 Å². The summed E-state index contributed by atoms with van der Waals surface area (Å²) in [6, 6.07) is 3.34. The number of alkyl halides is 3. The molecular weight excluding hydrogens is 281 g/mol. The van der Waals surface area contributed by atoms with E-state index in [0.29, 0.717) is 21.7 Å². The van der Waals surface area contributed by atoms with E-state index in [0.717, 1.165) is 0 Å². The van der Waals surface area contributed by atoms with Crippen LogP contribution in [0.5, 0.6) is 5.75 Å². The minimum absolute atomic E-state index is 0.0318. The van der Waals surface area contributed by atoms with E-state index in [4.69, 9.17) is 16.3 Å². The van der Waals surface area contributed by atoms with Crippen molar-refractivity contribution in [2.75, 3.05) is 7.11 Å². The summed E-state index contributed by atoms with van der Waals surface area (Å²) in [6.45, 7) is 0.166. The Balaban J connectivity index is 2.26. The molecule has 0 atom stereocenters. The molecule has 0 N–H and O–H groups in total. The van der Waals surface area contributed by atoms with Crippen LogP contribution in [-0.2, 0) is 6.54 Å². The van der Waals surface area contributed by atoms with Crippen molar-refractivity contribution >= 4 is 22.5 Å². The van der Waals surface area contributed by atoms with Gasteiger partial charge in [0.1, 0.15) is 11.3 Å². The summed E-state index contributed by atoms with van der Waals surface area (Å²) in [5.74, 6) is 0.545. The molecule has 2 rings (SSSR count). The van der Waals surface area contributed by atoms with E-state index in [2.05, 4.69) is 5.10 Å². The Morgan fingerprint density at radius 3 is 2.74 bits per heavy atom. The van der Waals surface area contributed by atoms with Crippen LogP contribution in [0.15, 0.2) is 18.3 Å². The molecule has 1 aromatic heterocycles. The lowest BCUT2D eigenvalue weighted by Gasteiger charge is -2.09. The number of ether oxygens (including phenoxy) is 1. The van der Waals surface area contributed by atoms with Gasteiger partial charge in [-0.2, -0.15) is 18.3 Å². The first kappa shape index (κ1) is 14.0. The molecule has 0 saturated carbocycles. The van der Waals surface area contributed by atoms with E-state index in [1.54, 1.807) is 12.1 Å². The van der Waals surface area contributed by atoms with Gasteiger partial charge in [-0.15, -0.1) is 0 Å². The van der Waals surface area contributed by atoms with Gasteiger partial charge in [0, 0.05) is 18.4 Å². The number of hydrogen-bond acceptors (Lipinski definition) is 2. The van der Waals surface area contributed by atoms with Crippen LogP contribution in [-0.4, -0.2) is 23.1 Å². The maximum Gasteiger partial charge on any atom is 0.389 e. The fourth-order valence-corrected chi connectivity index (χ4v) is 2.10. The average molecular weight is 293 g/mol. The predicted octanol–water partition coefficient (Wildman–Crippen LogP) is 4.04. The van der Waals surface area contributed by atoms with E-state index >= 15 is 0 Å². The first-order valence-corrected chi connectivity index (χ1v) is 6.05. The Morgan fingerprint density at radius 1 is 1.37 bits per heavy atom. The SMILES string of the molecule is COc1ccc(Cl)c2cnn(CCCC(F)(F)F)c12. The number of hydrogen-bond donors (Lipinski definition) is 0. The van der Waals surface area contributed by atoms with Gasteiger partial charge in [0.25, 0.3) is 0 Å². The molecule has 1 heterocycles. The normalized spacial score (nSPS) is 12.1. The van der Waals surface area contributed by atoms with Crippen LogP contribution in [0.1, 0.15) is 12.8 Å². The third kappa shape index (κ3) is 3.12. The molecule has 7 heteroatoms. The van der Waals surface area contributed by atoms with Crippen LogP contribution >= 0.6 is 11.6 Å². The Bertz CT molecular complexity index is 580. The van der Waals surface area contributed by atoms with Crippen molar-refractivity contribution in [1.29, 1.82) is 0 Å². The number of aryl methyl sites for hydroxylation is 1. The highest BCUT2D eigenvalue weighted by Gasteiger charge is 2.26. The Labute approximate surface area is 112 Å². The van der Waals surface area contributed by atoms with Crippen molar-refractivity contribution in [3.8, 4) is 5.75 Å². The molecule has 0 radical (unpaired) electrons. The van der Waals surface area contributed by atoms with Gasteiger partial charge in [-0.1, -0.05) is 11.6 Å². The van der Waals surface area contributed by atoms with Crippen LogP contribution in [0.3, 0.4) is 0 Å². The Kier molecular flexibility index (Phi) is 3.89. The minimum atomic E-state index is -4.15. The van der Waals surface area contributed by atoms with E-state index in [9.17, 15) is 13.2 Å². The number of rotatable bonds is 4. The van der Waals surface area contributed by atoms with E-state index in [1.165, 1.54) is 18.0 Å². The molecule has 0 saturated heterocycles. The van der Waals surface area contributed by atoms with Gasteiger partial charge in [0.15, 0.2) is 0 Å². The number of aromatic nitrogens is 2. The van der Waals surface area contributed by atoms with Gasteiger partial charge in [0.05, 0.1) is 18.3 Å². The fourth-order valence-electron chi connectivity index (χ4n) is 1.90. The standard InChI is InChI=1S/C12H12ClF3N2O/c1-19-10-4-3-9(13)8-7-17-18(11(8)10)6-2-5-12(14,15)16/h3-4,7H,2,5-6H2,1H3. The zero-order valence-corrected chi connectivity index (χ0v) is 10.9. The minimum Gasteiger partial charge on any atom is -0.494 e. The molecule has 3 nitrogen and oxygen atoms in total. The molecule has 0 spiro atoms. The van der Waals surface area contributed by atoms with Crippen LogP contribution in [0.25, 0.3) is 10.9 Å². The Hall–Kier alpha value is -1.43. The molecule has 0 aliphatic carbocycles. The topological polar surface area (TPSA) is 27.1 Å². The molecule has 0 unspecified atom stereocenters. The predicted molar refractivity (Wildman–Crippen MR) is 66.6 cm³/mol. The van der Waals surface area contributed by atoms with Gasteiger partial charge >= 0.3 is 6.18 Å². The highest BCUT2D eigenvalue weighted by atomic mass is 35.5. The molecule has 0 amide bonds. The van der Waals surface area contributed by atoms with Crippen molar-refractivity contribution in [2.24, 2.45) is 0 Å². The van der Waals surface area contributed by atoms with Crippen molar-refractivity contribution in [1.82, 2.24) is 9.78 Å². The number of methoxy groups -OCH3 is 1. The highest BCUT2D eigenvalue weighted by Crippen LogP contribution is 2.31. The summed E-state index contributed by atoms with van der Waals surface area (Å²) < 4.78 is 43.1. The monoisotopic (exact) mass is 292 g/mol. The zero-order chi connectivity index (χ0) is 14.0.